The van der Waals surface area contributed by atoms with E-state index >= 15 is 0 Å². The summed E-state index contributed by atoms with van der Waals surface area (Å²) in [4.78, 5) is 17.2. The Balaban J connectivity index is 1.82. The second-order valence-corrected chi connectivity index (χ2v) is 10.1. The highest BCUT2D eigenvalue weighted by molar-refractivity contribution is 7.93. The first-order valence-corrected chi connectivity index (χ1v) is 10.8. The molecule has 0 saturated carbocycles. The molecule has 0 aliphatic rings. The van der Waals surface area contributed by atoms with E-state index in [9.17, 15) is 13.2 Å². The summed E-state index contributed by atoms with van der Waals surface area (Å²) in [6.45, 7) is 2.77. The Kier molecular flexibility index (Phi) is 5.37. The zero-order chi connectivity index (χ0) is 19.7. The summed E-state index contributed by atoms with van der Waals surface area (Å²) in [5, 5.41) is 5.37. The predicted octanol–water partition coefficient (Wildman–Crippen LogP) is 4.65. The van der Waals surface area contributed by atoms with Gasteiger partial charge in [-0.15, -0.1) is 11.3 Å². The lowest BCUT2D eigenvalue weighted by Crippen LogP contribution is -2.44. The number of carbonyl (C=O) groups is 1. The van der Waals surface area contributed by atoms with Gasteiger partial charge in [0.1, 0.15) is 4.75 Å². The van der Waals surface area contributed by atoms with Crippen molar-refractivity contribution in [3.05, 3.63) is 65.0 Å². The molecule has 1 amide bonds. The van der Waals surface area contributed by atoms with Crippen LogP contribution in [0.5, 0.6) is 0 Å². The normalized spacial score (nSPS) is 12.0. The van der Waals surface area contributed by atoms with Crippen molar-refractivity contribution < 1.29 is 13.2 Å². The molecule has 5 nitrogen and oxygen atoms in total. The van der Waals surface area contributed by atoms with Gasteiger partial charge in [0.25, 0.3) is 0 Å². The van der Waals surface area contributed by atoms with Gasteiger partial charge in [0.15, 0.2) is 15.0 Å². The van der Waals surface area contributed by atoms with Crippen LogP contribution in [0.15, 0.2) is 64.9 Å². The summed E-state index contributed by atoms with van der Waals surface area (Å²) in [5.74, 6) is -0.636. The Hall–Kier alpha value is -2.22. The minimum absolute atomic E-state index is 0.103. The number of aromatic nitrogens is 1. The van der Waals surface area contributed by atoms with Crippen molar-refractivity contribution in [2.75, 3.05) is 5.32 Å². The molecular formula is C19H17ClN2O3S2. The minimum atomic E-state index is -3.86. The number of amides is 1. The van der Waals surface area contributed by atoms with Crippen LogP contribution < -0.4 is 5.32 Å². The van der Waals surface area contributed by atoms with Gasteiger partial charge in [0, 0.05) is 16.0 Å². The molecular weight excluding hydrogens is 404 g/mol. The molecule has 1 aromatic heterocycles. The number of anilines is 1. The van der Waals surface area contributed by atoms with Crippen LogP contribution in [0.4, 0.5) is 5.13 Å². The zero-order valence-corrected chi connectivity index (χ0v) is 17.0. The number of benzene rings is 2. The molecule has 0 fully saturated rings. The van der Waals surface area contributed by atoms with E-state index in [4.69, 9.17) is 11.6 Å². The number of rotatable bonds is 5. The van der Waals surface area contributed by atoms with Crippen molar-refractivity contribution in [3.8, 4) is 11.3 Å². The van der Waals surface area contributed by atoms with E-state index in [0.29, 0.717) is 15.8 Å². The predicted molar refractivity (Wildman–Crippen MR) is 109 cm³/mol. The lowest BCUT2D eigenvalue weighted by atomic mass is 10.2. The molecule has 0 spiro atoms. The molecule has 3 rings (SSSR count). The number of thiazole rings is 1. The van der Waals surface area contributed by atoms with E-state index in [-0.39, 0.29) is 4.90 Å². The zero-order valence-electron chi connectivity index (χ0n) is 14.6. The summed E-state index contributed by atoms with van der Waals surface area (Å²) in [7, 11) is -3.86. The van der Waals surface area contributed by atoms with Crippen molar-refractivity contribution in [2.24, 2.45) is 0 Å². The average Bonchev–Trinajstić information content (AvgIpc) is 3.11. The lowest BCUT2D eigenvalue weighted by molar-refractivity contribution is -0.117. The Morgan fingerprint density at radius 1 is 1.07 bits per heavy atom. The SMILES string of the molecule is CC(C)(C(=O)Nc1nc(-c2ccc(Cl)cc2)cs1)S(=O)(=O)c1ccccc1. The summed E-state index contributed by atoms with van der Waals surface area (Å²) in [5.41, 5.74) is 1.53. The minimum Gasteiger partial charge on any atom is -0.301 e. The molecule has 1 heterocycles. The van der Waals surface area contributed by atoms with E-state index in [1.807, 2.05) is 12.1 Å². The maximum atomic E-state index is 12.9. The highest BCUT2D eigenvalue weighted by atomic mass is 35.5. The Morgan fingerprint density at radius 3 is 2.33 bits per heavy atom. The highest BCUT2D eigenvalue weighted by Gasteiger charge is 2.43. The smallest absolute Gasteiger partial charge is 0.247 e. The summed E-state index contributed by atoms with van der Waals surface area (Å²) in [6.07, 6.45) is 0. The number of hydrogen-bond acceptors (Lipinski definition) is 5. The molecule has 0 aliphatic heterocycles. The third-order valence-corrected chi connectivity index (χ3v) is 7.57. The van der Waals surface area contributed by atoms with Crippen LogP contribution in [0.2, 0.25) is 5.02 Å². The molecule has 0 bridgehead atoms. The third-order valence-electron chi connectivity index (χ3n) is 4.14. The Bertz CT molecular complexity index is 1060. The van der Waals surface area contributed by atoms with Crippen molar-refractivity contribution >= 4 is 43.8 Å². The lowest BCUT2D eigenvalue weighted by Gasteiger charge is -2.23. The van der Waals surface area contributed by atoms with Gasteiger partial charge in [0.05, 0.1) is 10.6 Å². The van der Waals surface area contributed by atoms with Crippen molar-refractivity contribution in [2.45, 2.75) is 23.5 Å². The van der Waals surface area contributed by atoms with Crippen LogP contribution in [0.25, 0.3) is 11.3 Å². The molecule has 140 valence electrons. The van der Waals surface area contributed by atoms with E-state index in [2.05, 4.69) is 10.3 Å². The van der Waals surface area contributed by atoms with Crippen molar-refractivity contribution in [1.29, 1.82) is 0 Å². The van der Waals surface area contributed by atoms with Crippen LogP contribution in [0.1, 0.15) is 13.8 Å². The quantitative estimate of drug-likeness (QED) is 0.651. The molecule has 0 saturated heterocycles. The fraction of sp³-hybridized carbons (Fsp3) is 0.158. The summed E-state index contributed by atoms with van der Waals surface area (Å²) < 4.78 is 24.1. The maximum absolute atomic E-state index is 12.9. The average molecular weight is 421 g/mol. The number of halogens is 1. The fourth-order valence-electron chi connectivity index (χ4n) is 2.35. The van der Waals surface area contributed by atoms with Gasteiger partial charge >= 0.3 is 0 Å². The Morgan fingerprint density at radius 2 is 1.70 bits per heavy atom. The molecule has 8 heteroatoms. The topological polar surface area (TPSA) is 76.1 Å². The molecule has 1 N–H and O–H groups in total. The largest absolute Gasteiger partial charge is 0.301 e. The van der Waals surface area contributed by atoms with Gasteiger partial charge in [-0.2, -0.15) is 0 Å². The van der Waals surface area contributed by atoms with E-state index in [1.165, 1.54) is 37.3 Å². The second kappa shape index (κ2) is 7.42. The molecule has 3 aromatic rings. The van der Waals surface area contributed by atoms with E-state index in [0.717, 1.165) is 5.56 Å². The number of nitrogens with zero attached hydrogens (tertiary/aromatic N) is 1. The van der Waals surface area contributed by atoms with Gasteiger partial charge < -0.3 is 5.32 Å². The first kappa shape index (κ1) is 19.5. The molecule has 0 unspecified atom stereocenters. The fourth-order valence-corrected chi connectivity index (χ4v) is 4.59. The van der Waals surface area contributed by atoms with Gasteiger partial charge in [-0.3, -0.25) is 4.79 Å². The van der Waals surface area contributed by atoms with Crippen LogP contribution in [-0.4, -0.2) is 24.1 Å². The van der Waals surface area contributed by atoms with Crippen LogP contribution in [0, 0.1) is 0 Å². The van der Waals surface area contributed by atoms with Crippen molar-refractivity contribution in [3.63, 3.8) is 0 Å². The first-order chi connectivity index (χ1) is 12.7. The van der Waals surface area contributed by atoms with Gasteiger partial charge in [0.2, 0.25) is 5.91 Å². The van der Waals surface area contributed by atoms with Crippen LogP contribution >= 0.6 is 22.9 Å². The van der Waals surface area contributed by atoms with E-state index < -0.39 is 20.5 Å². The van der Waals surface area contributed by atoms with Crippen LogP contribution in [-0.2, 0) is 14.6 Å². The first-order valence-electron chi connectivity index (χ1n) is 8.04. The molecule has 27 heavy (non-hydrogen) atoms. The van der Waals surface area contributed by atoms with E-state index in [1.54, 1.807) is 35.7 Å². The van der Waals surface area contributed by atoms with Gasteiger partial charge in [-0.05, 0) is 38.1 Å². The highest BCUT2D eigenvalue weighted by Crippen LogP contribution is 2.29. The number of carbonyl (C=O) groups excluding carboxylic acids is 1. The number of nitrogens with one attached hydrogen (secondary N) is 1. The summed E-state index contributed by atoms with van der Waals surface area (Å²) >= 11 is 7.11. The standard InChI is InChI=1S/C19H17ClN2O3S2/c1-19(2,27(24,25)15-6-4-3-5-7-15)17(23)22-18-21-16(12-26-18)13-8-10-14(20)11-9-13/h3-12H,1-2H3,(H,21,22,23). The van der Waals surface area contributed by atoms with Gasteiger partial charge in [-0.1, -0.05) is 41.9 Å². The summed E-state index contributed by atoms with van der Waals surface area (Å²) in [6, 6.07) is 15.1. The Labute approximate surface area is 167 Å². The second-order valence-electron chi connectivity index (χ2n) is 6.33. The van der Waals surface area contributed by atoms with Crippen molar-refractivity contribution in [1.82, 2.24) is 4.98 Å². The molecule has 0 aliphatic carbocycles. The monoisotopic (exact) mass is 420 g/mol. The molecule has 0 radical (unpaired) electrons. The number of sulfone groups is 1. The van der Waals surface area contributed by atoms with Crippen LogP contribution in [0.3, 0.4) is 0 Å². The van der Waals surface area contributed by atoms with Gasteiger partial charge in [-0.25, -0.2) is 13.4 Å². The molecule has 2 aromatic carbocycles. The maximum Gasteiger partial charge on any atom is 0.247 e. The third kappa shape index (κ3) is 3.90. The molecule has 0 atom stereocenters. The number of hydrogen-bond donors (Lipinski definition) is 1.